The third-order valence-corrected chi connectivity index (χ3v) is 3.29. The minimum Gasteiger partial charge on any atom is -0.322 e. The van der Waals surface area contributed by atoms with E-state index in [0.29, 0.717) is 22.6 Å². The van der Waals surface area contributed by atoms with E-state index >= 15 is 0 Å². The Morgan fingerprint density at radius 2 is 2.17 bits per heavy atom. The number of halogens is 4. The van der Waals surface area contributed by atoms with Gasteiger partial charge in [-0.25, -0.2) is 4.98 Å². The molecule has 2 aromatic rings. The molecule has 0 saturated heterocycles. The molecule has 6 heteroatoms. The predicted octanol–water partition coefficient (Wildman–Crippen LogP) is 4.93. The Bertz CT molecular complexity index is 563. The number of alkyl halides is 3. The predicted molar refractivity (Wildman–Crippen MR) is 72.5 cm³/mol. The van der Waals surface area contributed by atoms with Crippen molar-refractivity contribution in [2.24, 2.45) is 0 Å². The number of imidazole rings is 1. The lowest BCUT2D eigenvalue weighted by Crippen LogP contribution is -2.13. The minimum atomic E-state index is -3.13. The molecule has 0 N–H and O–H groups in total. The topological polar surface area (TPSA) is 17.8 Å². The summed E-state index contributed by atoms with van der Waals surface area (Å²) in [7, 11) is 0. The number of nitrogens with zero attached hydrogens (tertiary/aromatic N) is 2. The lowest BCUT2D eigenvalue weighted by molar-refractivity contribution is 0.0993. The van der Waals surface area contributed by atoms with E-state index in [1.165, 1.54) is 4.57 Å². The van der Waals surface area contributed by atoms with Crippen molar-refractivity contribution >= 4 is 38.6 Å². The van der Waals surface area contributed by atoms with Gasteiger partial charge in [-0.1, -0.05) is 24.9 Å². The number of fused-ring (bicyclic) bond motifs is 1. The lowest BCUT2D eigenvalue weighted by Gasteiger charge is -2.12. The van der Waals surface area contributed by atoms with Crippen molar-refractivity contribution in [1.29, 1.82) is 0 Å². The van der Waals surface area contributed by atoms with Gasteiger partial charge in [-0.05, 0) is 40.5 Å². The zero-order chi connectivity index (χ0) is 13.3. The number of benzene rings is 1. The van der Waals surface area contributed by atoms with Gasteiger partial charge in [0.1, 0.15) is 0 Å². The lowest BCUT2D eigenvalue weighted by atomic mass is 10.3. The fraction of sp³-hybridized carbons (Fsp3) is 0.417. The van der Waals surface area contributed by atoms with Gasteiger partial charge >= 0.3 is 4.83 Å². The molecule has 98 valence electrons. The highest BCUT2D eigenvalue weighted by Crippen LogP contribution is 2.36. The van der Waals surface area contributed by atoms with Crippen LogP contribution in [-0.2, 0) is 11.4 Å². The van der Waals surface area contributed by atoms with E-state index in [-0.39, 0.29) is 5.82 Å². The molecular weight excluding hydrogens is 325 g/mol. The summed E-state index contributed by atoms with van der Waals surface area (Å²) < 4.78 is 28.5. The molecule has 0 aliphatic rings. The quantitative estimate of drug-likeness (QED) is 0.723. The number of aryl methyl sites for hydroxylation is 1. The molecule has 1 heterocycles. The molecule has 1 aromatic carbocycles. The molecule has 1 aromatic heterocycles. The monoisotopic (exact) mass is 336 g/mol. The molecule has 0 amide bonds. The average molecular weight is 338 g/mol. The highest BCUT2D eigenvalue weighted by atomic mass is 79.9. The van der Waals surface area contributed by atoms with Crippen LogP contribution < -0.4 is 0 Å². The van der Waals surface area contributed by atoms with Crippen molar-refractivity contribution in [1.82, 2.24) is 9.55 Å². The van der Waals surface area contributed by atoms with Gasteiger partial charge in [-0.2, -0.15) is 8.78 Å². The first-order valence-electron chi connectivity index (χ1n) is 5.66. The molecule has 0 spiro atoms. The molecule has 18 heavy (non-hydrogen) atoms. The molecule has 0 saturated carbocycles. The fourth-order valence-electron chi connectivity index (χ4n) is 1.85. The first kappa shape index (κ1) is 13.7. The maximum Gasteiger partial charge on any atom is 0.358 e. The molecule has 0 bridgehead atoms. The minimum absolute atomic E-state index is 0.270. The van der Waals surface area contributed by atoms with E-state index < -0.39 is 4.83 Å². The van der Waals surface area contributed by atoms with E-state index in [4.69, 9.17) is 11.6 Å². The summed E-state index contributed by atoms with van der Waals surface area (Å²) in [6.45, 7) is 2.52. The van der Waals surface area contributed by atoms with Crippen molar-refractivity contribution in [3.05, 3.63) is 29.0 Å². The van der Waals surface area contributed by atoms with Crippen molar-refractivity contribution in [3.8, 4) is 0 Å². The summed E-state index contributed by atoms with van der Waals surface area (Å²) in [6, 6.07) is 4.97. The highest BCUT2D eigenvalue weighted by Gasteiger charge is 2.34. The first-order chi connectivity index (χ1) is 8.43. The Hall–Kier alpha value is -0.680. The third-order valence-electron chi connectivity index (χ3n) is 2.70. The SMILES string of the molecule is CCCCn1c(C(F)(F)Br)nc2ccc(Cl)cc21. The van der Waals surface area contributed by atoms with Crippen LogP contribution in [0.15, 0.2) is 18.2 Å². The molecule has 2 nitrogen and oxygen atoms in total. The normalized spacial score (nSPS) is 12.3. The molecule has 0 aliphatic heterocycles. The second kappa shape index (κ2) is 5.13. The van der Waals surface area contributed by atoms with E-state index in [1.807, 2.05) is 6.92 Å². The Morgan fingerprint density at radius 3 is 2.78 bits per heavy atom. The highest BCUT2D eigenvalue weighted by molar-refractivity contribution is 9.09. The fourth-order valence-corrected chi connectivity index (χ4v) is 2.32. The van der Waals surface area contributed by atoms with Gasteiger partial charge in [0.2, 0.25) is 0 Å². The molecule has 0 unspecified atom stereocenters. The standard InChI is InChI=1S/C12H12BrClF2N2/c1-2-3-6-18-10-7-8(14)4-5-9(10)17-11(18)12(13,15)16/h4-5,7H,2-3,6H2,1H3. The summed E-state index contributed by atoms with van der Waals surface area (Å²) >= 11 is 8.28. The van der Waals surface area contributed by atoms with Crippen LogP contribution in [0.25, 0.3) is 11.0 Å². The average Bonchev–Trinajstić information content (AvgIpc) is 2.64. The Balaban J connectivity index is 2.62. The van der Waals surface area contributed by atoms with Crippen molar-refractivity contribution in [2.45, 2.75) is 31.1 Å². The van der Waals surface area contributed by atoms with Crippen molar-refractivity contribution in [2.75, 3.05) is 0 Å². The number of aromatic nitrogens is 2. The van der Waals surface area contributed by atoms with Crippen molar-refractivity contribution < 1.29 is 8.78 Å². The zero-order valence-corrected chi connectivity index (χ0v) is 12.1. The van der Waals surface area contributed by atoms with Crippen LogP contribution in [0.4, 0.5) is 8.78 Å². The van der Waals surface area contributed by atoms with Gasteiger partial charge in [0, 0.05) is 11.6 Å². The molecule has 0 fully saturated rings. The van der Waals surface area contributed by atoms with E-state index in [1.54, 1.807) is 18.2 Å². The van der Waals surface area contributed by atoms with E-state index in [0.717, 1.165) is 12.8 Å². The summed E-state index contributed by atoms with van der Waals surface area (Å²) in [5, 5.41) is 0.518. The largest absolute Gasteiger partial charge is 0.358 e. The molecule has 0 radical (unpaired) electrons. The van der Waals surface area contributed by atoms with Crippen LogP contribution in [0.5, 0.6) is 0 Å². The number of unbranched alkanes of at least 4 members (excludes halogenated alkanes) is 1. The van der Waals surface area contributed by atoms with Crippen LogP contribution in [0, 0.1) is 0 Å². The molecule has 2 rings (SSSR count). The molecule has 0 atom stereocenters. The van der Waals surface area contributed by atoms with Crippen LogP contribution >= 0.6 is 27.5 Å². The third kappa shape index (κ3) is 2.67. The van der Waals surface area contributed by atoms with Gasteiger partial charge in [-0.15, -0.1) is 0 Å². The first-order valence-corrected chi connectivity index (χ1v) is 6.83. The van der Waals surface area contributed by atoms with Gasteiger partial charge in [0.05, 0.1) is 11.0 Å². The molecular formula is C12H12BrClF2N2. The van der Waals surface area contributed by atoms with Crippen molar-refractivity contribution in [3.63, 3.8) is 0 Å². The van der Waals surface area contributed by atoms with Gasteiger partial charge in [0.25, 0.3) is 0 Å². The Morgan fingerprint density at radius 1 is 1.44 bits per heavy atom. The van der Waals surface area contributed by atoms with E-state index in [2.05, 4.69) is 20.9 Å². The van der Waals surface area contributed by atoms with Gasteiger partial charge in [0.15, 0.2) is 5.82 Å². The van der Waals surface area contributed by atoms with E-state index in [9.17, 15) is 8.78 Å². The summed E-state index contributed by atoms with van der Waals surface area (Å²) in [5.41, 5.74) is 1.18. The van der Waals surface area contributed by atoms with Gasteiger partial charge < -0.3 is 4.57 Å². The summed E-state index contributed by atoms with van der Waals surface area (Å²) in [4.78, 5) is 0.853. The maximum absolute atomic E-state index is 13.5. The second-order valence-corrected chi connectivity index (χ2v) is 5.50. The van der Waals surface area contributed by atoms with Crippen LogP contribution in [-0.4, -0.2) is 9.55 Å². The zero-order valence-electron chi connectivity index (χ0n) is 9.76. The number of hydrogen-bond donors (Lipinski definition) is 0. The van der Waals surface area contributed by atoms with Crippen LogP contribution in [0.3, 0.4) is 0 Å². The molecule has 0 aliphatic carbocycles. The maximum atomic E-state index is 13.5. The summed E-state index contributed by atoms with van der Waals surface area (Å²) in [6.07, 6.45) is 1.74. The number of hydrogen-bond acceptors (Lipinski definition) is 1. The van der Waals surface area contributed by atoms with Crippen LogP contribution in [0.1, 0.15) is 25.6 Å². The Kier molecular flexibility index (Phi) is 3.92. The number of rotatable bonds is 4. The van der Waals surface area contributed by atoms with Crippen LogP contribution in [0.2, 0.25) is 5.02 Å². The Labute approximate surface area is 117 Å². The smallest absolute Gasteiger partial charge is 0.322 e. The summed E-state index contributed by atoms with van der Waals surface area (Å²) in [5.74, 6) is -0.270. The second-order valence-electron chi connectivity index (χ2n) is 4.07. The van der Waals surface area contributed by atoms with Gasteiger partial charge in [-0.3, -0.25) is 0 Å².